The summed E-state index contributed by atoms with van der Waals surface area (Å²) in [6.07, 6.45) is 0. The molecule has 3 aromatic carbocycles. The second kappa shape index (κ2) is 8.67. The molecule has 0 aliphatic carbocycles. The maximum absolute atomic E-state index is 13.5. The van der Waals surface area contributed by atoms with Gasteiger partial charge in [0.1, 0.15) is 17.3 Å². The highest BCUT2D eigenvalue weighted by atomic mass is 19.1. The maximum Gasteiger partial charge on any atom is 0.282 e. The number of halogens is 1. The van der Waals surface area contributed by atoms with Crippen molar-refractivity contribution >= 4 is 28.8 Å². The number of amides is 2. The molecule has 0 saturated heterocycles. The molecule has 6 heteroatoms. The molecule has 0 aromatic heterocycles. The molecule has 1 N–H and O–H groups in total. The van der Waals surface area contributed by atoms with Gasteiger partial charge in [0.2, 0.25) is 0 Å². The van der Waals surface area contributed by atoms with Crippen LogP contribution >= 0.6 is 0 Å². The Hall–Kier alpha value is -3.93. The van der Waals surface area contributed by atoms with Gasteiger partial charge in [-0.2, -0.15) is 0 Å². The molecule has 0 fully saturated rings. The van der Waals surface area contributed by atoms with Crippen molar-refractivity contribution in [3.8, 4) is 5.75 Å². The quantitative estimate of drug-likeness (QED) is 0.544. The van der Waals surface area contributed by atoms with Crippen LogP contribution in [0.15, 0.2) is 72.4 Å². The van der Waals surface area contributed by atoms with Crippen LogP contribution in [-0.4, -0.2) is 18.4 Å². The molecule has 32 heavy (non-hydrogen) atoms. The van der Waals surface area contributed by atoms with E-state index in [2.05, 4.69) is 5.32 Å². The molecule has 0 unspecified atom stereocenters. The van der Waals surface area contributed by atoms with Gasteiger partial charge in [-0.1, -0.05) is 18.2 Å². The lowest BCUT2D eigenvalue weighted by atomic mass is 10.0. The smallest absolute Gasteiger partial charge is 0.282 e. The Labute approximate surface area is 186 Å². The first-order valence-electron chi connectivity index (χ1n) is 10.3. The van der Waals surface area contributed by atoms with Gasteiger partial charge >= 0.3 is 0 Å². The van der Waals surface area contributed by atoms with Gasteiger partial charge in [-0.25, -0.2) is 9.29 Å². The molecule has 3 aromatic rings. The topological polar surface area (TPSA) is 58.6 Å². The molecular weight excluding hydrogens is 407 g/mol. The van der Waals surface area contributed by atoms with Crippen LogP contribution in [0.25, 0.3) is 5.57 Å². The highest BCUT2D eigenvalue weighted by molar-refractivity contribution is 6.46. The first-order valence-corrected chi connectivity index (χ1v) is 10.3. The average Bonchev–Trinajstić information content (AvgIpc) is 2.98. The normalized spacial score (nSPS) is 13.7. The Morgan fingerprint density at radius 3 is 2.09 bits per heavy atom. The third-order valence-electron chi connectivity index (χ3n) is 5.11. The first kappa shape index (κ1) is 21.3. The minimum Gasteiger partial charge on any atom is -0.494 e. The van der Waals surface area contributed by atoms with Crippen LogP contribution in [0, 0.1) is 19.7 Å². The molecule has 0 spiro atoms. The van der Waals surface area contributed by atoms with Gasteiger partial charge in [-0.05, 0) is 86.0 Å². The molecule has 0 saturated carbocycles. The molecule has 162 valence electrons. The Kier molecular flexibility index (Phi) is 5.77. The van der Waals surface area contributed by atoms with E-state index in [1.54, 1.807) is 24.3 Å². The largest absolute Gasteiger partial charge is 0.494 e. The summed E-state index contributed by atoms with van der Waals surface area (Å²) in [6, 6.07) is 18.1. The summed E-state index contributed by atoms with van der Waals surface area (Å²) in [5.41, 5.74) is 3.99. The number of ether oxygens (including phenoxy) is 1. The zero-order chi connectivity index (χ0) is 22.8. The summed E-state index contributed by atoms with van der Waals surface area (Å²) in [6.45, 7) is 6.31. The molecule has 1 aliphatic rings. The number of rotatable bonds is 6. The third kappa shape index (κ3) is 4.12. The van der Waals surface area contributed by atoms with E-state index in [0.29, 0.717) is 29.3 Å². The first-order chi connectivity index (χ1) is 15.4. The Morgan fingerprint density at radius 2 is 1.50 bits per heavy atom. The molecule has 0 atom stereocenters. The van der Waals surface area contributed by atoms with Crippen molar-refractivity contribution in [2.45, 2.75) is 20.8 Å². The third-order valence-corrected chi connectivity index (χ3v) is 5.11. The predicted octanol–water partition coefficient (Wildman–Crippen LogP) is 5.24. The standard InChI is InChI=1S/C26H23FN2O3/c1-4-32-22-11-9-21(10-12-22)29-25(30)23(18-5-7-19(27)8-6-18)24(26(29)31)28-20-14-16(2)13-17(3)15-20/h5-15,28H,4H2,1-3H3. The highest BCUT2D eigenvalue weighted by Gasteiger charge is 2.40. The van der Waals surface area contributed by atoms with Crippen molar-refractivity contribution in [2.24, 2.45) is 0 Å². The number of carbonyl (C=O) groups excluding carboxylic acids is 2. The lowest BCUT2D eigenvalue weighted by Crippen LogP contribution is -2.32. The van der Waals surface area contributed by atoms with E-state index in [4.69, 9.17) is 4.74 Å². The zero-order valence-electron chi connectivity index (χ0n) is 18.1. The Bertz CT molecular complexity index is 1190. The number of benzene rings is 3. The molecular formula is C26H23FN2O3. The molecule has 1 heterocycles. The summed E-state index contributed by atoms with van der Waals surface area (Å²) in [5.74, 6) is -0.718. The molecule has 5 nitrogen and oxygen atoms in total. The number of carbonyl (C=O) groups is 2. The summed E-state index contributed by atoms with van der Waals surface area (Å²) < 4.78 is 19.0. The zero-order valence-corrected chi connectivity index (χ0v) is 18.1. The van der Waals surface area contributed by atoms with Crippen molar-refractivity contribution in [1.82, 2.24) is 0 Å². The van der Waals surface area contributed by atoms with Crippen LogP contribution in [0.5, 0.6) is 5.75 Å². The van der Waals surface area contributed by atoms with E-state index in [9.17, 15) is 14.0 Å². The molecule has 0 radical (unpaired) electrons. The fraction of sp³-hybridized carbons (Fsp3) is 0.154. The van der Waals surface area contributed by atoms with Crippen LogP contribution in [0.3, 0.4) is 0 Å². The predicted molar refractivity (Wildman–Crippen MR) is 123 cm³/mol. The fourth-order valence-corrected chi connectivity index (χ4v) is 3.81. The van der Waals surface area contributed by atoms with Gasteiger partial charge in [-0.15, -0.1) is 0 Å². The number of imide groups is 1. The molecule has 0 bridgehead atoms. The summed E-state index contributed by atoms with van der Waals surface area (Å²) in [5, 5.41) is 3.15. The van der Waals surface area contributed by atoms with Crippen LogP contribution in [0.2, 0.25) is 0 Å². The van der Waals surface area contributed by atoms with Gasteiger partial charge in [0.05, 0.1) is 17.9 Å². The van der Waals surface area contributed by atoms with Crippen molar-refractivity contribution < 1.29 is 18.7 Å². The highest BCUT2D eigenvalue weighted by Crippen LogP contribution is 2.34. The number of nitrogens with one attached hydrogen (secondary N) is 1. The lowest BCUT2D eigenvalue weighted by molar-refractivity contribution is -0.120. The Morgan fingerprint density at radius 1 is 0.875 bits per heavy atom. The van der Waals surface area contributed by atoms with Gasteiger partial charge in [0.15, 0.2) is 0 Å². The lowest BCUT2D eigenvalue weighted by Gasteiger charge is -2.16. The van der Waals surface area contributed by atoms with E-state index in [1.807, 2.05) is 39.0 Å². The molecule has 4 rings (SSSR count). The second-order valence-corrected chi connectivity index (χ2v) is 7.63. The minimum atomic E-state index is -0.474. The van der Waals surface area contributed by atoms with Crippen LogP contribution < -0.4 is 15.0 Å². The Balaban J connectivity index is 1.78. The summed E-state index contributed by atoms with van der Waals surface area (Å²) in [4.78, 5) is 28.0. The SMILES string of the molecule is CCOc1ccc(N2C(=O)C(Nc3cc(C)cc(C)c3)=C(c3ccc(F)cc3)C2=O)cc1. The van der Waals surface area contributed by atoms with E-state index < -0.39 is 17.6 Å². The van der Waals surface area contributed by atoms with Gasteiger partial charge in [0, 0.05) is 5.69 Å². The van der Waals surface area contributed by atoms with Crippen molar-refractivity contribution in [1.29, 1.82) is 0 Å². The minimum absolute atomic E-state index is 0.153. The second-order valence-electron chi connectivity index (χ2n) is 7.63. The number of anilines is 2. The number of nitrogens with zero attached hydrogens (tertiary/aromatic N) is 1. The summed E-state index contributed by atoms with van der Waals surface area (Å²) in [7, 11) is 0. The average molecular weight is 430 g/mol. The van der Waals surface area contributed by atoms with Crippen molar-refractivity contribution in [3.63, 3.8) is 0 Å². The molecule has 1 aliphatic heterocycles. The van der Waals surface area contributed by atoms with Gasteiger partial charge < -0.3 is 10.1 Å². The van der Waals surface area contributed by atoms with Crippen LogP contribution in [-0.2, 0) is 9.59 Å². The van der Waals surface area contributed by atoms with Crippen LogP contribution in [0.4, 0.5) is 15.8 Å². The monoisotopic (exact) mass is 430 g/mol. The maximum atomic E-state index is 13.5. The number of hydrogen-bond donors (Lipinski definition) is 1. The van der Waals surface area contributed by atoms with Gasteiger partial charge in [-0.3, -0.25) is 9.59 Å². The van der Waals surface area contributed by atoms with Crippen molar-refractivity contribution in [3.05, 3.63) is 94.9 Å². The van der Waals surface area contributed by atoms with Gasteiger partial charge in [0.25, 0.3) is 11.8 Å². The van der Waals surface area contributed by atoms with E-state index >= 15 is 0 Å². The van der Waals surface area contributed by atoms with E-state index in [0.717, 1.165) is 16.0 Å². The summed E-state index contributed by atoms with van der Waals surface area (Å²) >= 11 is 0. The number of aryl methyl sites for hydroxylation is 2. The molecule has 2 amide bonds. The van der Waals surface area contributed by atoms with Crippen LogP contribution in [0.1, 0.15) is 23.6 Å². The number of hydrogen-bond acceptors (Lipinski definition) is 4. The van der Waals surface area contributed by atoms with Crippen molar-refractivity contribution in [2.75, 3.05) is 16.8 Å². The van der Waals surface area contributed by atoms with E-state index in [1.165, 1.54) is 24.3 Å². The fourth-order valence-electron chi connectivity index (χ4n) is 3.81. The van der Waals surface area contributed by atoms with E-state index in [-0.39, 0.29) is 11.3 Å².